The van der Waals surface area contributed by atoms with E-state index in [0.717, 1.165) is 0 Å². The molecule has 1 aromatic carbocycles. The van der Waals surface area contributed by atoms with Crippen molar-refractivity contribution in [2.45, 2.75) is 26.2 Å². The Kier molecular flexibility index (Phi) is 5.23. The zero-order valence-corrected chi connectivity index (χ0v) is 10.6. The highest BCUT2D eigenvalue weighted by Crippen LogP contribution is 2.16. The SMILES string of the molecule is CCC[C@@H](CC(=O)c1ccc(C(=O)O)cc1)C(=O)O. The van der Waals surface area contributed by atoms with Gasteiger partial charge in [0, 0.05) is 12.0 Å². The molecule has 1 rings (SSSR count). The van der Waals surface area contributed by atoms with Gasteiger partial charge in [0.1, 0.15) is 0 Å². The summed E-state index contributed by atoms with van der Waals surface area (Å²) >= 11 is 0. The Bertz CT molecular complexity index is 475. The highest BCUT2D eigenvalue weighted by Gasteiger charge is 2.21. The van der Waals surface area contributed by atoms with E-state index in [4.69, 9.17) is 10.2 Å². The Hall–Kier alpha value is -2.17. The van der Waals surface area contributed by atoms with E-state index in [1.165, 1.54) is 24.3 Å². The molecule has 0 unspecified atom stereocenters. The number of hydrogen-bond donors (Lipinski definition) is 2. The molecule has 0 bridgehead atoms. The highest BCUT2D eigenvalue weighted by atomic mass is 16.4. The van der Waals surface area contributed by atoms with Gasteiger partial charge in [-0.05, 0) is 18.6 Å². The number of carbonyl (C=O) groups is 3. The van der Waals surface area contributed by atoms with Crippen LogP contribution >= 0.6 is 0 Å². The van der Waals surface area contributed by atoms with E-state index in [9.17, 15) is 14.4 Å². The Morgan fingerprint density at radius 3 is 2.00 bits per heavy atom. The van der Waals surface area contributed by atoms with Crippen LogP contribution < -0.4 is 0 Å². The topological polar surface area (TPSA) is 91.7 Å². The van der Waals surface area contributed by atoms with Crippen LogP contribution in [0, 0.1) is 5.92 Å². The van der Waals surface area contributed by atoms with Crippen LogP contribution in [-0.4, -0.2) is 27.9 Å². The van der Waals surface area contributed by atoms with E-state index in [2.05, 4.69) is 0 Å². The Balaban J connectivity index is 2.76. The summed E-state index contributed by atoms with van der Waals surface area (Å²) in [6.07, 6.45) is 1.09. The molecular formula is C14H16O5. The molecule has 0 heterocycles. The van der Waals surface area contributed by atoms with Gasteiger partial charge in [0.25, 0.3) is 0 Å². The third kappa shape index (κ3) is 4.21. The van der Waals surface area contributed by atoms with Crippen molar-refractivity contribution in [3.63, 3.8) is 0 Å². The van der Waals surface area contributed by atoms with E-state index in [1.54, 1.807) is 0 Å². The van der Waals surface area contributed by atoms with Gasteiger partial charge in [-0.15, -0.1) is 0 Å². The molecule has 0 fully saturated rings. The summed E-state index contributed by atoms with van der Waals surface area (Å²) in [5, 5.41) is 17.7. The van der Waals surface area contributed by atoms with E-state index in [1.807, 2.05) is 6.92 Å². The van der Waals surface area contributed by atoms with Gasteiger partial charge >= 0.3 is 11.9 Å². The Labute approximate surface area is 110 Å². The first-order valence-corrected chi connectivity index (χ1v) is 6.05. The monoisotopic (exact) mass is 264 g/mol. The fraction of sp³-hybridized carbons (Fsp3) is 0.357. The summed E-state index contributed by atoms with van der Waals surface area (Å²) in [6.45, 7) is 1.86. The Morgan fingerprint density at radius 1 is 1.05 bits per heavy atom. The summed E-state index contributed by atoms with van der Waals surface area (Å²) in [4.78, 5) is 33.5. The highest BCUT2D eigenvalue weighted by molar-refractivity contribution is 5.99. The molecule has 102 valence electrons. The number of aromatic carboxylic acids is 1. The maximum atomic E-state index is 11.9. The molecule has 0 aliphatic rings. The predicted molar refractivity (Wildman–Crippen MR) is 68.4 cm³/mol. The van der Waals surface area contributed by atoms with Crippen LogP contribution in [0.15, 0.2) is 24.3 Å². The molecule has 0 aliphatic carbocycles. The van der Waals surface area contributed by atoms with E-state index >= 15 is 0 Å². The largest absolute Gasteiger partial charge is 0.481 e. The zero-order chi connectivity index (χ0) is 14.4. The van der Waals surface area contributed by atoms with Crippen LogP contribution in [0.2, 0.25) is 0 Å². The minimum Gasteiger partial charge on any atom is -0.481 e. The first-order valence-electron chi connectivity index (χ1n) is 6.05. The molecule has 0 amide bonds. The van der Waals surface area contributed by atoms with Crippen LogP contribution in [0.25, 0.3) is 0 Å². The molecule has 0 aromatic heterocycles. The summed E-state index contributed by atoms with van der Waals surface area (Å²) in [5.41, 5.74) is 0.437. The lowest BCUT2D eigenvalue weighted by molar-refractivity contribution is -0.141. The number of rotatable bonds is 7. The molecule has 0 spiro atoms. The Morgan fingerprint density at radius 2 is 1.58 bits per heavy atom. The zero-order valence-electron chi connectivity index (χ0n) is 10.6. The number of hydrogen-bond acceptors (Lipinski definition) is 3. The van der Waals surface area contributed by atoms with Crippen LogP contribution in [0.5, 0.6) is 0 Å². The molecule has 5 heteroatoms. The van der Waals surface area contributed by atoms with Crippen LogP contribution in [0.1, 0.15) is 46.9 Å². The van der Waals surface area contributed by atoms with Crippen molar-refractivity contribution >= 4 is 17.7 Å². The summed E-state index contributed by atoms with van der Waals surface area (Å²) < 4.78 is 0. The average molecular weight is 264 g/mol. The van der Waals surface area contributed by atoms with Gasteiger partial charge in [0.2, 0.25) is 0 Å². The summed E-state index contributed by atoms with van der Waals surface area (Å²) in [6, 6.07) is 5.50. The molecule has 5 nitrogen and oxygen atoms in total. The molecule has 1 aromatic rings. The van der Waals surface area contributed by atoms with Crippen LogP contribution in [0.3, 0.4) is 0 Å². The normalized spacial score (nSPS) is 11.8. The summed E-state index contributed by atoms with van der Waals surface area (Å²) in [5.74, 6) is -3.00. The fourth-order valence-electron chi connectivity index (χ4n) is 1.80. The summed E-state index contributed by atoms with van der Waals surface area (Å²) in [7, 11) is 0. The molecular weight excluding hydrogens is 248 g/mol. The third-order valence-electron chi connectivity index (χ3n) is 2.87. The first-order chi connectivity index (χ1) is 8.95. The third-order valence-corrected chi connectivity index (χ3v) is 2.87. The van der Waals surface area contributed by atoms with E-state index < -0.39 is 17.9 Å². The number of carboxylic acid groups (broad SMARTS) is 2. The second-order valence-corrected chi connectivity index (χ2v) is 4.33. The maximum Gasteiger partial charge on any atom is 0.335 e. The minimum absolute atomic E-state index is 0.0599. The second-order valence-electron chi connectivity index (χ2n) is 4.33. The standard InChI is InChI=1S/C14H16O5/c1-2-3-11(14(18)19)8-12(15)9-4-6-10(7-5-9)13(16)17/h4-7,11H,2-3,8H2,1H3,(H,16,17)(H,18,19)/t11-/m0/s1. The van der Waals surface area contributed by atoms with Crippen molar-refractivity contribution in [1.82, 2.24) is 0 Å². The van der Waals surface area contributed by atoms with E-state index in [-0.39, 0.29) is 17.8 Å². The molecule has 2 N–H and O–H groups in total. The second kappa shape index (κ2) is 6.68. The van der Waals surface area contributed by atoms with Gasteiger partial charge in [0.05, 0.1) is 11.5 Å². The lowest BCUT2D eigenvalue weighted by atomic mass is 9.94. The lowest BCUT2D eigenvalue weighted by Crippen LogP contribution is -2.18. The number of benzene rings is 1. The van der Waals surface area contributed by atoms with Crippen molar-refractivity contribution in [1.29, 1.82) is 0 Å². The van der Waals surface area contributed by atoms with Gasteiger partial charge < -0.3 is 10.2 Å². The van der Waals surface area contributed by atoms with Gasteiger partial charge in [-0.3, -0.25) is 9.59 Å². The van der Waals surface area contributed by atoms with Crippen molar-refractivity contribution in [3.8, 4) is 0 Å². The quantitative estimate of drug-likeness (QED) is 0.738. The molecule has 19 heavy (non-hydrogen) atoms. The van der Waals surface area contributed by atoms with Gasteiger partial charge in [-0.1, -0.05) is 25.5 Å². The molecule has 0 saturated heterocycles. The number of Topliss-reactive ketones (excluding diaryl/α,β-unsaturated/α-hetero) is 1. The molecule has 0 radical (unpaired) electrons. The van der Waals surface area contributed by atoms with Crippen molar-refractivity contribution in [3.05, 3.63) is 35.4 Å². The number of aliphatic carboxylic acids is 1. The van der Waals surface area contributed by atoms with Gasteiger partial charge in [0.15, 0.2) is 5.78 Å². The van der Waals surface area contributed by atoms with Gasteiger partial charge in [-0.25, -0.2) is 4.79 Å². The smallest absolute Gasteiger partial charge is 0.335 e. The van der Waals surface area contributed by atoms with Crippen molar-refractivity contribution in [2.24, 2.45) is 5.92 Å². The average Bonchev–Trinajstić information content (AvgIpc) is 2.38. The number of carboxylic acids is 2. The number of ketones is 1. The fourth-order valence-corrected chi connectivity index (χ4v) is 1.80. The van der Waals surface area contributed by atoms with Gasteiger partial charge in [-0.2, -0.15) is 0 Å². The van der Waals surface area contributed by atoms with Crippen LogP contribution in [-0.2, 0) is 4.79 Å². The first kappa shape index (κ1) is 14.9. The molecule has 1 atom stereocenters. The molecule has 0 aliphatic heterocycles. The van der Waals surface area contributed by atoms with Crippen LogP contribution in [0.4, 0.5) is 0 Å². The number of carbonyl (C=O) groups excluding carboxylic acids is 1. The van der Waals surface area contributed by atoms with Crippen molar-refractivity contribution in [2.75, 3.05) is 0 Å². The maximum absolute atomic E-state index is 11.9. The lowest BCUT2D eigenvalue weighted by Gasteiger charge is -2.10. The minimum atomic E-state index is -1.06. The van der Waals surface area contributed by atoms with Crippen molar-refractivity contribution < 1.29 is 24.6 Å². The van der Waals surface area contributed by atoms with E-state index in [0.29, 0.717) is 18.4 Å². The molecule has 0 saturated carbocycles. The predicted octanol–water partition coefficient (Wildman–Crippen LogP) is 2.46.